The smallest absolute Gasteiger partial charge is 0.415 e. The molecule has 2 aromatic rings. The van der Waals surface area contributed by atoms with Gasteiger partial charge in [0, 0.05) is 12.1 Å². The lowest BCUT2D eigenvalue weighted by Gasteiger charge is -2.23. The molecule has 1 aliphatic heterocycles. The highest BCUT2D eigenvalue weighted by atomic mass is 16.6. The summed E-state index contributed by atoms with van der Waals surface area (Å²) in [5, 5.41) is 7.33. The number of anilines is 2. The van der Waals surface area contributed by atoms with Gasteiger partial charge in [0.15, 0.2) is 5.82 Å². The van der Waals surface area contributed by atoms with E-state index in [0.717, 1.165) is 18.7 Å². The molecular formula is C19H26N6O3. The number of carbonyl (C=O) groups excluding carboxylic acids is 1. The maximum Gasteiger partial charge on any atom is 0.415 e. The number of nitrogens with zero attached hydrogens (tertiary/aromatic N) is 5. The highest BCUT2D eigenvalue weighted by Gasteiger charge is 2.37. The van der Waals surface area contributed by atoms with Crippen LogP contribution >= 0.6 is 0 Å². The number of amides is 1. The molecule has 3 heterocycles. The highest BCUT2D eigenvalue weighted by Crippen LogP contribution is 2.33. The van der Waals surface area contributed by atoms with Crippen molar-refractivity contribution in [3.05, 3.63) is 24.0 Å². The number of nitrogens with one attached hydrogen (secondary N) is 1. The number of hydrogen-bond acceptors (Lipinski definition) is 8. The van der Waals surface area contributed by atoms with Crippen LogP contribution in [0.5, 0.6) is 0 Å². The highest BCUT2D eigenvalue weighted by molar-refractivity contribution is 5.89. The monoisotopic (exact) mass is 386 g/mol. The minimum Gasteiger partial charge on any atom is -0.447 e. The Balaban J connectivity index is 1.48. The third kappa shape index (κ3) is 3.65. The summed E-state index contributed by atoms with van der Waals surface area (Å²) in [6.07, 6.45) is 5.93. The Labute approximate surface area is 163 Å². The van der Waals surface area contributed by atoms with Crippen molar-refractivity contribution in [1.29, 1.82) is 0 Å². The summed E-state index contributed by atoms with van der Waals surface area (Å²) < 4.78 is 10.7. The van der Waals surface area contributed by atoms with Crippen molar-refractivity contribution in [1.82, 2.24) is 20.1 Å². The predicted octanol–water partition coefficient (Wildman–Crippen LogP) is 3.67. The van der Waals surface area contributed by atoms with Gasteiger partial charge in [-0.1, -0.05) is 31.8 Å². The first-order valence-electron chi connectivity index (χ1n) is 9.92. The maximum atomic E-state index is 12.2. The van der Waals surface area contributed by atoms with Crippen LogP contribution in [0.4, 0.5) is 16.6 Å². The molecule has 2 atom stereocenters. The average Bonchev–Trinajstić information content (AvgIpc) is 3.42. The maximum absolute atomic E-state index is 12.2. The van der Waals surface area contributed by atoms with E-state index >= 15 is 0 Å². The number of cyclic esters (lactones) is 1. The van der Waals surface area contributed by atoms with Gasteiger partial charge < -0.3 is 14.6 Å². The van der Waals surface area contributed by atoms with E-state index in [0.29, 0.717) is 30.2 Å². The molecule has 0 unspecified atom stereocenters. The van der Waals surface area contributed by atoms with E-state index in [2.05, 4.69) is 39.3 Å². The fraction of sp³-hybridized carbons (Fsp3) is 0.632. The molecule has 0 radical (unpaired) electrons. The Morgan fingerprint density at radius 3 is 2.75 bits per heavy atom. The van der Waals surface area contributed by atoms with Crippen LogP contribution < -0.4 is 10.2 Å². The van der Waals surface area contributed by atoms with Gasteiger partial charge in [0.25, 0.3) is 0 Å². The van der Waals surface area contributed by atoms with Crippen LogP contribution in [0.25, 0.3) is 0 Å². The summed E-state index contributed by atoms with van der Waals surface area (Å²) in [6, 6.07) is 1.42. The molecule has 1 N–H and O–H groups in total. The summed E-state index contributed by atoms with van der Waals surface area (Å²) in [4.78, 5) is 27.1. The van der Waals surface area contributed by atoms with Crippen LogP contribution in [0.2, 0.25) is 0 Å². The number of aromatic nitrogens is 4. The fourth-order valence-electron chi connectivity index (χ4n) is 3.77. The van der Waals surface area contributed by atoms with E-state index in [-0.39, 0.29) is 24.1 Å². The lowest BCUT2D eigenvalue weighted by Crippen LogP contribution is -2.37. The number of carbonyl (C=O) groups is 1. The molecule has 1 aliphatic carbocycles. The average molecular weight is 386 g/mol. The number of rotatable bonds is 6. The van der Waals surface area contributed by atoms with Gasteiger partial charge in [0.2, 0.25) is 11.8 Å². The molecular weight excluding hydrogens is 360 g/mol. The van der Waals surface area contributed by atoms with Gasteiger partial charge in [-0.2, -0.15) is 9.97 Å². The Bertz CT molecular complexity index is 833. The third-order valence-corrected chi connectivity index (χ3v) is 5.46. The van der Waals surface area contributed by atoms with E-state index < -0.39 is 0 Å². The zero-order valence-corrected chi connectivity index (χ0v) is 16.5. The summed E-state index contributed by atoms with van der Waals surface area (Å²) in [6.45, 7) is 6.40. The molecule has 2 aromatic heterocycles. The molecule has 1 saturated carbocycles. The Morgan fingerprint density at radius 2 is 2.00 bits per heavy atom. The molecule has 2 aliphatic rings. The molecule has 1 amide bonds. The SMILES string of the molecule is CC(C)[C@H]1COC(=O)N1c1ccnc(N[C@H](C)c2nc(C3CCCC3)no2)n1. The van der Waals surface area contributed by atoms with Gasteiger partial charge in [-0.05, 0) is 31.7 Å². The van der Waals surface area contributed by atoms with Crippen LogP contribution in [0.1, 0.15) is 70.1 Å². The predicted molar refractivity (Wildman–Crippen MR) is 102 cm³/mol. The molecule has 9 nitrogen and oxygen atoms in total. The van der Waals surface area contributed by atoms with Crippen molar-refractivity contribution >= 4 is 17.9 Å². The van der Waals surface area contributed by atoms with Crippen molar-refractivity contribution in [3.8, 4) is 0 Å². The van der Waals surface area contributed by atoms with Gasteiger partial charge in [0.1, 0.15) is 18.5 Å². The van der Waals surface area contributed by atoms with E-state index in [1.54, 1.807) is 17.2 Å². The van der Waals surface area contributed by atoms with Crippen molar-refractivity contribution in [2.24, 2.45) is 5.92 Å². The first-order valence-corrected chi connectivity index (χ1v) is 9.92. The molecule has 0 spiro atoms. The molecule has 2 fully saturated rings. The minimum absolute atomic E-state index is 0.0439. The summed E-state index contributed by atoms with van der Waals surface area (Å²) >= 11 is 0. The second-order valence-corrected chi connectivity index (χ2v) is 7.83. The third-order valence-electron chi connectivity index (χ3n) is 5.46. The minimum atomic E-state index is -0.380. The van der Waals surface area contributed by atoms with Crippen molar-refractivity contribution < 1.29 is 14.1 Å². The lowest BCUT2D eigenvalue weighted by molar-refractivity contribution is 0.177. The molecule has 1 saturated heterocycles. The quantitative estimate of drug-likeness (QED) is 0.801. The largest absolute Gasteiger partial charge is 0.447 e. The van der Waals surface area contributed by atoms with Gasteiger partial charge in [0.05, 0.1) is 6.04 Å². The lowest BCUT2D eigenvalue weighted by atomic mass is 10.0. The molecule has 4 rings (SSSR count). The fourth-order valence-corrected chi connectivity index (χ4v) is 3.77. The standard InChI is InChI=1S/C19H26N6O3/c1-11(2)14-10-27-19(26)25(14)15-8-9-20-18(22-15)21-12(3)17-23-16(24-28-17)13-6-4-5-7-13/h8-9,11-14H,4-7,10H2,1-3H3,(H,20,21,22)/t12-,14-/m1/s1. The molecule has 28 heavy (non-hydrogen) atoms. The van der Waals surface area contributed by atoms with Crippen LogP contribution in [-0.2, 0) is 4.74 Å². The second kappa shape index (κ2) is 7.73. The summed E-state index contributed by atoms with van der Waals surface area (Å²) in [5.41, 5.74) is 0. The first kappa shape index (κ1) is 18.6. The van der Waals surface area contributed by atoms with Gasteiger partial charge in [-0.15, -0.1) is 0 Å². The number of ether oxygens (including phenoxy) is 1. The van der Waals surface area contributed by atoms with E-state index in [9.17, 15) is 4.79 Å². The molecule has 0 bridgehead atoms. The van der Waals surface area contributed by atoms with Crippen LogP contribution in [0, 0.1) is 5.92 Å². The summed E-state index contributed by atoms with van der Waals surface area (Å²) in [5.74, 6) is 2.87. The van der Waals surface area contributed by atoms with Crippen LogP contribution in [0.15, 0.2) is 16.8 Å². The Hall–Kier alpha value is -2.71. The van der Waals surface area contributed by atoms with Crippen LogP contribution in [0.3, 0.4) is 0 Å². The zero-order chi connectivity index (χ0) is 19.7. The van der Waals surface area contributed by atoms with Crippen molar-refractivity contribution in [2.45, 2.75) is 64.5 Å². The van der Waals surface area contributed by atoms with E-state index in [4.69, 9.17) is 9.26 Å². The normalized spacial score (nSPS) is 21.4. The Kier molecular flexibility index (Phi) is 5.15. The topological polar surface area (TPSA) is 106 Å². The van der Waals surface area contributed by atoms with E-state index in [1.807, 2.05) is 6.92 Å². The number of hydrogen-bond donors (Lipinski definition) is 1. The van der Waals surface area contributed by atoms with Gasteiger partial charge in [-0.25, -0.2) is 9.78 Å². The zero-order valence-electron chi connectivity index (χ0n) is 16.5. The molecule has 9 heteroatoms. The van der Waals surface area contributed by atoms with Gasteiger partial charge in [-0.3, -0.25) is 4.90 Å². The van der Waals surface area contributed by atoms with Crippen molar-refractivity contribution in [3.63, 3.8) is 0 Å². The molecule has 150 valence electrons. The summed E-state index contributed by atoms with van der Waals surface area (Å²) in [7, 11) is 0. The van der Waals surface area contributed by atoms with Crippen molar-refractivity contribution in [2.75, 3.05) is 16.8 Å². The first-order chi connectivity index (χ1) is 13.5. The second-order valence-electron chi connectivity index (χ2n) is 7.83. The van der Waals surface area contributed by atoms with Gasteiger partial charge >= 0.3 is 6.09 Å². The molecule has 0 aromatic carbocycles. The van der Waals surface area contributed by atoms with E-state index in [1.165, 1.54) is 12.8 Å². The van der Waals surface area contributed by atoms with Crippen LogP contribution in [-0.4, -0.2) is 38.9 Å². The Morgan fingerprint density at radius 1 is 1.21 bits per heavy atom.